The number of hydrogen-bond acceptors (Lipinski definition) is 3. The van der Waals surface area contributed by atoms with Crippen LogP contribution in [0.5, 0.6) is 0 Å². The number of carbonyl (C=O) groups is 1. The van der Waals surface area contributed by atoms with Crippen molar-refractivity contribution in [2.24, 2.45) is 11.1 Å². The Hall–Kier alpha value is -1.40. The SMILES string of the molecule is Cc1cc(S(N)(=O)=O)cc(NC(=O)C(C)C)c1C. The van der Waals surface area contributed by atoms with Gasteiger partial charge in [0.25, 0.3) is 0 Å². The molecule has 0 aliphatic carbocycles. The summed E-state index contributed by atoms with van der Waals surface area (Å²) >= 11 is 0. The first kappa shape index (κ1) is 14.7. The van der Waals surface area contributed by atoms with Crippen molar-refractivity contribution in [2.75, 3.05) is 5.32 Å². The van der Waals surface area contributed by atoms with Gasteiger partial charge in [-0.3, -0.25) is 4.79 Å². The summed E-state index contributed by atoms with van der Waals surface area (Å²) in [5, 5.41) is 7.80. The molecule has 0 atom stereocenters. The lowest BCUT2D eigenvalue weighted by Gasteiger charge is -2.13. The zero-order valence-corrected chi connectivity index (χ0v) is 11.8. The predicted octanol–water partition coefficient (Wildman–Crippen LogP) is 1.55. The van der Waals surface area contributed by atoms with Crippen LogP contribution in [-0.4, -0.2) is 14.3 Å². The van der Waals surface area contributed by atoms with Gasteiger partial charge >= 0.3 is 0 Å². The Morgan fingerprint density at radius 2 is 1.83 bits per heavy atom. The Balaban J connectivity index is 3.28. The van der Waals surface area contributed by atoms with Gasteiger partial charge in [0.2, 0.25) is 15.9 Å². The molecule has 0 aliphatic heterocycles. The Labute approximate surface area is 107 Å². The van der Waals surface area contributed by atoms with Gasteiger partial charge < -0.3 is 5.32 Å². The average molecular weight is 270 g/mol. The number of primary sulfonamides is 1. The van der Waals surface area contributed by atoms with E-state index in [1.54, 1.807) is 20.8 Å². The van der Waals surface area contributed by atoms with Crippen molar-refractivity contribution in [3.63, 3.8) is 0 Å². The van der Waals surface area contributed by atoms with Gasteiger partial charge in [-0.25, -0.2) is 13.6 Å². The minimum Gasteiger partial charge on any atom is -0.326 e. The lowest BCUT2D eigenvalue weighted by molar-refractivity contribution is -0.118. The number of nitrogens with one attached hydrogen (secondary N) is 1. The summed E-state index contributed by atoms with van der Waals surface area (Å²) in [5.74, 6) is -0.341. The smallest absolute Gasteiger partial charge is 0.238 e. The van der Waals surface area contributed by atoms with E-state index < -0.39 is 10.0 Å². The van der Waals surface area contributed by atoms with E-state index in [9.17, 15) is 13.2 Å². The Morgan fingerprint density at radius 3 is 2.28 bits per heavy atom. The second-order valence-corrected chi connectivity index (χ2v) is 6.16. The molecule has 0 spiro atoms. The van der Waals surface area contributed by atoms with Crippen LogP contribution < -0.4 is 10.5 Å². The molecule has 100 valence electrons. The summed E-state index contributed by atoms with van der Waals surface area (Å²) < 4.78 is 22.7. The third-order valence-corrected chi connectivity index (χ3v) is 3.64. The normalized spacial score (nSPS) is 11.7. The summed E-state index contributed by atoms with van der Waals surface area (Å²) in [7, 11) is -3.77. The van der Waals surface area contributed by atoms with Crippen molar-refractivity contribution in [1.82, 2.24) is 0 Å². The molecule has 5 nitrogen and oxygen atoms in total. The second-order valence-electron chi connectivity index (χ2n) is 4.60. The summed E-state index contributed by atoms with van der Waals surface area (Å²) in [5.41, 5.74) is 2.08. The molecule has 18 heavy (non-hydrogen) atoms. The van der Waals surface area contributed by atoms with Crippen molar-refractivity contribution < 1.29 is 13.2 Å². The van der Waals surface area contributed by atoms with Gasteiger partial charge in [0.1, 0.15) is 0 Å². The van der Waals surface area contributed by atoms with Crippen LogP contribution in [0.4, 0.5) is 5.69 Å². The zero-order chi connectivity index (χ0) is 14.1. The van der Waals surface area contributed by atoms with Gasteiger partial charge in [0, 0.05) is 11.6 Å². The third-order valence-electron chi connectivity index (χ3n) is 2.75. The fourth-order valence-corrected chi connectivity index (χ4v) is 2.02. The van der Waals surface area contributed by atoms with Crippen molar-refractivity contribution in [1.29, 1.82) is 0 Å². The molecular weight excluding hydrogens is 252 g/mol. The van der Waals surface area contributed by atoms with Crippen molar-refractivity contribution in [2.45, 2.75) is 32.6 Å². The lowest BCUT2D eigenvalue weighted by Crippen LogP contribution is -2.19. The van der Waals surface area contributed by atoms with E-state index in [1.165, 1.54) is 12.1 Å². The monoisotopic (exact) mass is 270 g/mol. The molecule has 1 rings (SSSR count). The second kappa shape index (κ2) is 5.07. The minimum absolute atomic E-state index is 0.00431. The third kappa shape index (κ3) is 3.30. The van der Waals surface area contributed by atoms with Gasteiger partial charge in [-0.2, -0.15) is 0 Å². The molecule has 0 radical (unpaired) electrons. The van der Waals surface area contributed by atoms with E-state index in [0.717, 1.165) is 11.1 Å². The lowest BCUT2D eigenvalue weighted by atomic mass is 10.1. The molecule has 0 unspecified atom stereocenters. The summed E-state index contributed by atoms with van der Waals surface area (Å²) in [6, 6.07) is 2.88. The van der Waals surface area contributed by atoms with Gasteiger partial charge in [-0.15, -0.1) is 0 Å². The minimum atomic E-state index is -3.77. The molecule has 6 heteroatoms. The first-order chi connectivity index (χ1) is 8.12. The fraction of sp³-hybridized carbons (Fsp3) is 0.417. The largest absolute Gasteiger partial charge is 0.326 e. The van der Waals surface area contributed by atoms with Gasteiger partial charge in [0.05, 0.1) is 4.90 Å². The number of amides is 1. The van der Waals surface area contributed by atoms with E-state index in [0.29, 0.717) is 5.69 Å². The average Bonchev–Trinajstić information content (AvgIpc) is 2.22. The van der Waals surface area contributed by atoms with Crippen LogP contribution in [0, 0.1) is 19.8 Å². The van der Waals surface area contributed by atoms with E-state index in [-0.39, 0.29) is 16.7 Å². The fourth-order valence-electron chi connectivity index (χ4n) is 1.40. The Morgan fingerprint density at radius 1 is 1.28 bits per heavy atom. The van der Waals surface area contributed by atoms with Crippen LogP contribution >= 0.6 is 0 Å². The molecular formula is C12H18N2O3S. The van der Waals surface area contributed by atoms with E-state index in [2.05, 4.69) is 5.32 Å². The van der Waals surface area contributed by atoms with Crippen molar-refractivity contribution >= 4 is 21.6 Å². The summed E-state index contributed by atoms with van der Waals surface area (Å²) in [4.78, 5) is 11.6. The Kier molecular flexibility index (Phi) is 4.13. The molecule has 0 bridgehead atoms. The van der Waals surface area contributed by atoms with E-state index >= 15 is 0 Å². The number of nitrogens with two attached hydrogens (primary N) is 1. The molecule has 3 N–H and O–H groups in total. The first-order valence-corrected chi connectivity index (χ1v) is 7.12. The first-order valence-electron chi connectivity index (χ1n) is 5.58. The number of rotatable bonds is 3. The molecule has 1 amide bonds. The van der Waals surface area contributed by atoms with Gasteiger partial charge in [-0.05, 0) is 37.1 Å². The van der Waals surface area contributed by atoms with Gasteiger partial charge in [0.15, 0.2) is 0 Å². The predicted molar refractivity (Wildman–Crippen MR) is 70.8 cm³/mol. The zero-order valence-electron chi connectivity index (χ0n) is 10.9. The molecule has 0 saturated heterocycles. The number of aryl methyl sites for hydroxylation is 1. The van der Waals surface area contributed by atoms with Crippen LogP contribution in [0.1, 0.15) is 25.0 Å². The van der Waals surface area contributed by atoms with Crippen LogP contribution in [-0.2, 0) is 14.8 Å². The maximum Gasteiger partial charge on any atom is 0.238 e. The highest BCUT2D eigenvalue weighted by molar-refractivity contribution is 7.89. The number of hydrogen-bond donors (Lipinski definition) is 2. The van der Waals surface area contributed by atoms with Crippen molar-refractivity contribution in [3.05, 3.63) is 23.3 Å². The molecule has 1 aromatic carbocycles. The molecule has 1 aromatic rings. The van der Waals surface area contributed by atoms with Crippen LogP contribution in [0.2, 0.25) is 0 Å². The number of anilines is 1. The van der Waals surface area contributed by atoms with E-state index in [4.69, 9.17) is 5.14 Å². The number of carbonyl (C=O) groups excluding carboxylic acids is 1. The van der Waals surface area contributed by atoms with Gasteiger partial charge in [-0.1, -0.05) is 13.8 Å². The molecule has 0 saturated carbocycles. The maximum absolute atomic E-state index is 11.6. The highest BCUT2D eigenvalue weighted by atomic mass is 32.2. The van der Waals surface area contributed by atoms with Crippen molar-refractivity contribution in [3.8, 4) is 0 Å². The highest BCUT2D eigenvalue weighted by Crippen LogP contribution is 2.23. The number of sulfonamides is 1. The number of benzene rings is 1. The van der Waals surface area contributed by atoms with Crippen LogP contribution in [0.25, 0.3) is 0 Å². The van der Waals surface area contributed by atoms with Crippen LogP contribution in [0.15, 0.2) is 17.0 Å². The molecule has 0 heterocycles. The topological polar surface area (TPSA) is 89.3 Å². The summed E-state index contributed by atoms with van der Waals surface area (Å²) in [6.45, 7) is 7.12. The summed E-state index contributed by atoms with van der Waals surface area (Å²) in [6.07, 6.45) is 0. The highest BCUT2D eigenvalue weighted by Gasteiger charge is 2.15. The molecule has 0 fully saturated rings. The van der Waals surface area contributed by atoms with E-state index in [1.807, 2.05) is 6.92 Å². The standard InChI is InChI=1S/C12H18N2O3S/c1-7(2)12(15)14-11-6-10(18(13,16)17)5-8(3)9(11)4/h5-7H,1-4H3,(H,14,15)(H2,13,16,17). The quantitative estimate of drug-likeness (QED) is 0.873. The maximum atomic E-state index is 11.6. The molecule has 0 aromatic heterocycles. The molecule has 0 aliphatic rings. The van der Waals surface area contributed by atoms with Crippen LogP contribution in [0.3, 0.4) is 0 Å². The Bertz CT molecular complexity index is 577.